The number of fused-ring (bicyclic) bond motifs is 1. The fourth-order valence-corrected chi connectivity index (χ4v) is 5.50. The number of H-pyrrole nitrogens is 1. The number of nitrogens with zero attached hydrogens (tertiary/aromatic N) is 2. The Labute approximate surface area is 202 Å². The Bertz CT molecular complexity index is 1440. The number of morpholine rings is 1. The van der Waals surface area contributed by atoms with Gasteiger partial charge in [-0.05, 0) is 54.4 Å². The van der Waals surface area contributed by atoms with Crippen LogP contribution in [0.2, 0.25) is 0 Å². The number of sulfone groups is 1. The predicted molar refractivity (Wildman–Crippen MR) is 130 cm³/mol. The summed E-state index contributed by atoms with van der Waals surface area (Å²) in [5, 5.41) is 0.875. The number of benzene rings is 2. The maximum atomic E-state index is 14.3. The average molecular weight is 494 g/mol. The molecule has 1 aliphatic heterocycles. The first-order valence-electron chi connectivity index (χ1n) is 11.3. The van der Waals surface area contributed by atoms with Crippen molar-refractivity contribution in [2.45, 2.75) is 22.6 Å². The van der Waals surface area contributed by atoms with Crippen LogP contribution >= 0.6 is 0 Å². The van der Waals surface area contributed by atoms with Gasteiger partial charge in [-0.2, -0.15) is 0 Å². The summed E-state index contributed by atoms with van der Waals surface area (Å²) in [6.45, 7) is 2.18. The van der Waals surface area contributed by atoms with Gasteiger partial charge in [0.2, 0.25) is 9.84 Å². The summed E-state index contributed by atoms with van der Waals surface area (Å²) >= 11 is 0. The van der Waals surface area contributed by atoms with E-state index >= 15 is 0 Å². The van der Waals surface area contributed by atoms with Crippen molar-refractivity contribution in [3.63, 3.8) is 0 Å². The Morgan fingerprint density at radius 2 is 1.80 bits per heavy atom. The van der Waals surface area contributed by atoms with E-state index in [1.54, 1.807) is 30.6 Å². The quantitative estimate of drug-likeness (QED) is 0.388. The molecule has 0 unspecified atom stereocenters. The van der Waals surface area contributed by atoms with Crippen molar-refractivity contribution < 1.29 is 22.3 Å². The molecule has 3 heterocycles. The fourth-order valence-electron chi connectivity index (χ4n) is 4.19. The number of ketones is 1. The van der Waals surface area contributed by atoms with Crippen LogP contribution in [0.3, 0.4) is 0 Å². The lowest BCUT2D eigenvalue weighted by atomic mass is 10.1. The van der Waals surface area contributed by atoms with Crippen LogP contribution < -0.4 is 4.90 Å². The fraction of sp³-hybridized carbons (Fsp3) is 0.231. The van der Waals surface area contributed by atoms with Crippen molar-refractivity contribution in [2.75, 3.05) is 31.2 Å². The largest absolute Gasteiger partial charge is 0.378 e. The number of hydrogen-bond donors (Lipinski definition) is 1. The molecule has 1 fully saturated rings. The van der Waals surface area contributed by atoms with Gasteiger partial charge in [-0.15, -0.1) is 0 Å². The highest BCUT2D eigenvalue weighted by Gasteiger charge is 2.22. The van der Waals surface area contributed by atoms with Gasteiger partial charge in [0.15, 0.2) is 5.78 Å². The molecule has 1 N–H and O–H groups in total. The molecule has 2 aromatic carbocycles. The number of hydrogen-bond acceptors (Lipinski definition) is 6. The first kappa shape index (κ1) is 23.2. The lowest BCUT2D eigenvalue weighted by molar-refractivity contribution is 0.0979. The van der Waals surface area contributed by atoms with E-state index in [-0.39, 0.29) is 22.0 Å². The lowest BCUT2D eigenvalue weighted by Gasteiger charge is -2.29. The molecule has 0 radical (unpaired) electrons. The molecule has 9 heteroatoms. The highest BCUT2D eigenvalue weighted by atomic mass is 32.2. The second-order valence-electron chi connectivity index (χ2n) is 8.46. The molecule has 4 aromatic rings. The lowest BCUT2D eigenvalue weighted by Crippen LogP contribution is -2.36. The van der Waals surface area contributed by atoms with Crippen LogP contribution in [-0.2, 0) is 21.0 Å². The second-order valence-corrected chi connectivity index (χ2v) is 10.4. The molecule has 1 aliphatic rings. The number of pyridine rings is 1. The van der Waals surface area contributed by atoms with Crippen molar-refractivity contribution in [1.29, 1.82) is 0 Å². The first-order valence-corrected chi connectivity index (χ1v) is 12.8. The molecule has 2 aromatic heterocycles. The molecule has 0 saturated carbocycles. The van der Waals surface area contributed by atoms with Crippen LogP contribution in [0.5, 0.6) is 0 Å². The molecular weight excluding hydrogens is 469 g/mol. The van der Waals surface area contributed by atoms with Crippen molar-refractivity contribution in [3.05, 3.63) is 84.1 Å². The molecule has 7 nitrogen and oxygen atoms in total. The van der Waals surface area contributed by atoms with Crippen molar-refractivity contribution in [3.8, 4) is 0 Å². The third-order valence-corrected chi connectivity index (χ3v) is 7.89. The number of ether oxygens (including phenoxy) is 1. The minimum Gasteiger partial charge on any atom is -0.378 e. The zero-order valence-corrected chi connectivity index (χ0v) is 19.7. The molecule has 0 amide bonds. The normalized spacial score (nSPS) is 14.4. The Morgan fingerprint density at radius 1 is 1.03 bits per heavy atom. The molecular formula is C26H24FN3O4S. The highest BCUT2D eigenvalue weighted by Crippen LogP contribution is 2.27. The smallest absolute Gasteiger partial charge is 0.206 e. The predicted octanol–water partition coefficient (Wildman–Crippen LogP) is 4.19. The summed E-state index contributed by atoms with van der Waals surface area (Å²) in [5.74, 6) is -0.635. The standard InChI is InChI=1S/C26H24FN3O4S/c27-20-14-21(30-9-11-34-12-10-30)16-23(15-20)35(32,33)22-4-1-18(2-5-22)3-6-26(31)25-13-19-17-28-8-7-24(19)29-25/h1-2,4-5,7-8,13-17,29H,3,6,9-12H2. The summed E-state index contributed by atoms with van der Waals surface area (Å²) in [5.41, 5.74) is 2.74. The molecule has 180 valence electrons. The SMILES string of the molecule is O=C(CCc1ccc(S(=O)(=O)c2cc(F)cc(N3CCOCC3)c2)cc1)c1cc2cnccc2[nH]1. The number of Topliss-reactive ketones (excluding diaryl/α,β-unsaturated/α-hetero) is 1. The van der Waals surface area contributed by atoms with Gasteiger partial charge in [-0.1, -0.05) is 12.1 Å². The third kappa shape index (κ3) is 4.96. The summed E-state index contributed by atoms with van der Waals surface area (Å²) in [6.07, 6.45) is 4.10. The number of halogens is 1. The first-order chi connectivity index (χ1) is 16.9. The van der Waals surface area contributed by atoms with Gasteiger partial charge in [-0.3, -0.25) is 9.78 Å². The van der Waals surface area contributed by atoms with E-state index in [1.807, 2.05) is 11.0 Å². The molecule has 0 atom stereocenters. The molecule has 0 spiro atoms. The summed E-state index contributed by atoms with van der Waals surface area (Å²) in [6, 6.07) is 13.9. The summed E-state index contributed by atoms with van der Waals surface area (Å²) < 4.78 is 46.0. The van der Waals surface area contributed by atoms with Crippen LogP contribution in [0, 0.1) is 5.82 Å². The van der Waals surface area contributed by atoms with E-state index in [9.17, 15) is 17.6 Å². The minimum atomic E-state index is -3.90. The van der Waals surface area contributed by atoms with E-state index in [1.165, 1.54) is 24.3 Å². The summed E-state index contributed by atoms with van der Waals surface area (Å²) in [7, 11) is -3.90. The zero-order chi connectivity index (χ0) is 24.4. The Balaban J connectivity index is 1.29. The number of anilines is 1. The molecule has 5 rings (SSSR count). The Morgan fingerprint density at radius 3 is 2.54 bits per heavy atom. The Kier molecular flexibility index (Phi) is 6.36. The maximum Gasteiger partial charge on any atom is 0.206 e. The van der Waals surface area contributed by atoms with Crippen molar-refractivity contribution in [2.24, 2.45) is 0 Å². The van der Waals surface area contributed by atoms with Crippen LogP contribution in [0.4, 0.5) is 10.1 Å². The number of aromatic amines is 1. The second kappa shape index (κ2) is 9.59. The van der Waals surface area contributed by atoms with E-state index in [0.29, 0.717) is 44.1 Å². The molecule has 1 saturated heterocycles. The van der Waals surface area contributed by atoms with Gasteiger partial charge in [0.1, 0.15) is 5.82 Å². The number of aromatic nitrogens is 2. The van der Waals surface area contributed by atoms with Gasteiger partial charge in [0, 0.05) is 48.5 Å². The van der Waals surface area contributed by atoms with E-state index in [2.05, 4.69) is 9.97 Å². The number of carbonyl (C=O) groups excluding carboxylic acids is 1. The van der Waals surface area contributed by atoms with Gasteiger partial charge in [0.25, 0.3) is 0 Å². The van der Waals surface area contributed by atoms with Gasteiger partial charge in [0.05, 0.1) is 28.7 Å². The number of carbonyl (C=O) groups is 1. The van der Waals surface area contributed by atoms with Crippen LogP contribution in [0.25, 0.3) is 10.9 Å². The minimum absolute atomic E-state index is 0.0340. The highest BCUT2D eigenvalue weighted by molar-refractivity contribution is 7.91. The van der Waals surface area contributed by atoms with Crippen molar-refractivity contribution >= 4 is 32.2 Å². The number of rotatable bonds is 7. The molecule has 0 bridgehead atoms. The third-order valence-electron chi connectivity index (χ3n) is 6.14. The average Bonchev–Trinajstić information content (AvgIpc) is 3.32. The van der Waals surface area contributed by atoms with Gasteiger partial charge in [-0.25, -0.2) is 12.8 Å². The van der Waals surface area contributed by atoms with Gasteiger partial charge >= 0.3 is 0 Å². The molecule has 35 heavy (non-hydrogen) atoms. The van der Waals surface area contributed by atoms with E-state index in [4.69, 9.17) is 4.74 Å². The van der Waals surface area contributed by atoms with Crippen LogP contribution in [0.15, 0.2) is 76.8 Å². The zero-order valence-electron chi connectivity index (χ0n) is 18.9. The number of aryl methyl sites for hydroxylation is 1. The van der Waals surface area contributed by atoms with E-state index < -0.39 is 15.7 Å². The van der Waals surface area contributed by atoms with Crippen molar-refractivity contribution in [1.82, 2.24) is 9.97 Å². The monoisotopic (exact) mass is 493 g/mol. The van der Waals surface area contributed by atoms with Gasteiger partial charge < -0.3 is 14.6 Å². The van der Waals surface area contributed by atoms with Crippen LogP contribution in [-0.4, -0.2) is 50.5 Å². The summed E-state index contributed by atoms with van der Waals surface area (Å²) in [4.78, 5) is 21.7. The Hall–Kier alpha value is -3.56. The number of nitrogens with one attached hydrogen (secondary N) is 1. The maximum absolute atomic E-state index is 14.3. The topological polar surface area (TPSA) is 92.4 Å². The van der Waals surface area contributed by atoms with Crippen LogP contribution in [0.1, 0.15) is 22.5 Å². The van der Waals surface area contributed by atoms with E-state index in [0.717, 1.165) is 22.5 Å². The molecule has 0 aliphatic carbocycles.